The molecule has 1 unspecified atom stereocenters. The summed E-state index contributed by atoms with van der Waals surface area (Å²) < 4.78 is 4.98. The molecule has 0 radical (unpaired) electrons. The molecule has 22 heavy (non-hydrogen) atoms. The van der Waals surface area contributed by atoms with E-state index in [2.05, 4.69) is 11.4 Å². The normalized spacial score (nSPS) is 21.4. The molecule has 122 valence electrons. The molecule has 0 saturated carbocycles. The molecule has 1 fully saturated rings. The van der Waals surface area contributed by atoms with Crippen LogP contribution in [0.25, 0.3) is 0 Å². The van der Waals surface area contributed by atoms with Crippen molar-refractivity contribution in [3.63, 3.8) is 0 Å². The van der Waals surface area contributed by atoms with Gasteiger partial charge in [0.1, 0.15) is 5.54 Å². The highest BCUT2D eigenvalue weighted by Gasteiger charge is 2.46. The Morgan fingerprint density at radius 2 is 2.36 bits per heavy atom. The zero-order valence-electron chi connectivity index (χ0n) is 13.3. The van der Waals surface area contributed by atoms with Crippen LogP contribution in [0.2, 0.25) is 0 Å². The summed E-state index contributed by atoms with van der Waals surface area (Å²) in [4.78, 5) is 27.7. The molecule has 0 aliphatic carbocycles. The number of methoxy groups -OCH3 is 1. The fourth-order valence-corrected chi connectivity index (χ4v) is 3.49. The van der Waals surface area contributed by atoms with Gasteiger partial charge in [0.25, 0.3) is 0 Å². The minimum absolute atomic E-state index is 0.0550. The van der Waals surface area contributed by atoms with E-state index in [9.17, 15) is 9.59 Å². The van der Waals surface area contributed by atoms with Crippen LogP contribution in [0.4, 0.5) is 0 Å². The van der Waals surface area contributed by atoms with E-state index in [4.69, 9.17) is 4.74 Å². The number of nitrogens with one attached hydrogen (secondary N) is 1. The van der Waals surface area contributed by atoms with Gasteiger partial charge in [-0.1, -0.05) is 6.07 Å². The lowest BCUT2D eigenvalue weighted by Gasteiger charge is -2.34. The number of likely N-dealkylation sites (tertiary alicyclic amines) is 1. The second-order valence-electron chi connectivity index (χ2n) is 5.75. The third-order valence-corrected chi connectivity index (χ3v) is 5.12. The van der Waals surface area contributed by atoms with Gasteiger partial charge in [-0.3, -0.25) is 9.59 Å². The Balaban J connectivity index is 1.93. The summed E-state index contributed by atoms with van der Waals surface area (Å²) in [6, 6.07) is 4.07. The summed E-state index contributed by atoms with van der Waals surface area (Å²) >= 11 is 1.68. The summed E-state index contributed by atoms with van der Waals surface area (Å²) in [5, 5.41) is 4.96. The third-order valence-electron chi connectivity index (χ3n) is 4.18. The zero-order chi connectivity index (χ0) is 16.0. The lowest BCUT2D eigenvalue weighted by molar-refractivity contribution is -0.140. The summed E-state index contributed by atoms with van der Waals surface area (Å²) in [5.74, 6) is 0.0201. The molecule has 0 spiro atoms. The minimum Gasteiger partial charge on any atom is -0.385 e. The zero-order valence-corrected chi connectivity index (χ0v) is 14.1. The van der Waals surface area contributed by atoms with Gasteiger partial charge in [0.15, 0.2) is 0 Å². The van der Waals surface area contributed by atoms with E-state index in [-0.39, 0.29) is 11.8 Å². The van der Waals surface area contributed by atoms with E-state index in [1.807, 2.05) is 18.4 Å². The van der Waals surface area contributed by atoms with Gasteiger partial charge in [-0.05, 0) is 37.6 Å². The van der Waals surface area contributed by atoms with E-state index < -0.39 is 5.54 Å². The van der Waals surface area contributed by atoms with Crippen molar-refractivity contribution in [2.45, 2.75) is 38.1 Å². The quantitative estimate of drug-likeness (QED) is 0.742. The highest BCUT2D eigenvalue weighted by atomic mass is 32.1. The molecule has 1 atom stereocenters. The van der Waals surface area contributed by atoms with Gasteiger partial charge in [-0.25, -0.2) is 0 Å². The molecule has 5 nitrogen and oxygen atoms in total. The van der Waals surface area contributed by atoms with Crippen LogP contribution < -0.4 is 5.32 Å². The van der Waals surface area contributed by atoms with Crippen LogP contribution in [0.3, 0.4) is 0 Å². The number of carbonyl (C=O) groups excluding carboxylic acids is 2. The van der Waals surface area contributed by atoms with Crippen LogP contribution in [-0.4, -0.2) is 49.1 Å². The minimum atomic E-state index is -0.721. The van der Waals surface area contributed by atoms with Crippen molar-refractivity contribution in [1.82, 2.24) is 10.2 Å². The largest absolute Gasteiger partial charge is 0.385 e. The van der Waals surface area contributed by atoms with E-state index in [1.165, 1.54) is 4.88 Å². The molecule has 2 heterocycles. The van der Waals surface area contributed by atoms with E-state index in [0.717, 1.165) is 12.8 Å². The van der Waals surface area contributed by atoms with Crippen LogP contribution in [0.5, 0.6) is 0 Å². The Morgan fingerprint density at radius 1 is 1.55 bits per heavy atom. The van der Waals surface area contributed by atoms with Crippen LogP contribution in [0.1, 0.15) is 31.1 Å². The van der Waals surface area contributed by atoms with Crippen molar-refractivity contribution in [3.05, 3.63) is 22.4 Å². The van der Waals surface area contributed by atoms with Crippen molar-refractivity contribution in [3.8, 4) is 0 Å². The van der Waals surface area contributed by atoms with Gasteiger partial charge in [0, 0.05) is 38.1 Å². The van der Waals surface area contributed by atoms with Crippen molar-refractivity contribution >= 4 is 23.2 Å². The number of nitrogens with zero attached hydrogens (tertiary/aromatic N) is 1. The van der Waals surface area contributed by atoms with Crippen molar-refractivity contribution in [2.24, 2.45) is 0 Å². The highest BCUT2D eigenvalue weighted by molar-refractivity contribution is 7.09. The van der Waals surface area contributed by atoms with Crippen LogP contribution >= 0.6 is 11.3 Å². The average molecular weight is 324 g/mol. The average Bonchev–Trinajstić information content (AvgIpc) is 3.11. The maximum absolute atomic E-state index is 12.5. The molecule has 6 heteroatoms. The molecule has 2 amide bonds. The predicted octanol–water partition coefficient (Wildman–Crippen LogP) is 1.82. The summed E-state index contributed by atoms with van der Waals surface area (Å²) in [6.45, 7) is 3.67. The number of hydrogen-bond donors (Lipinski definition) is 1. The summed E-state index contributed by atoms with van der Waals surface area (Å²) in [6.07, 6.45) is 2.62. The lowest BCUT2D eigenvalue weighted by atomic mass is 9.97. The van der Waals surface area contributed by atoms with E-state index in [1.54, 1.807) is 23.3 Å². The third kappa shape index (κ3) is 3.87. The Bertz CT molecular complexity index is 503. The van der Waals surface area contributed by atoms with Crippen molar-refractivity contribution < 1.29 is 14.3 Å². The second kappa shape index (κ2) is 7.74. The molecular weight excluding hydrogens is 300 g/mol. The molecule has 1 aromatic heterocycles. The van der Waals surface area contributed by atoms with Gasteiger partial charge < -0.3 is 15.0 Å². The molecule has 0 aromatic carbocycles. The van der Waals surface area contributed by atoms with Crippen molar-refractivity contribution in [1.29, 1.82) is 0 Å². The first-order chi connectivity index (χ1) is 10.6. The summed E-state index contributed by atoms with van der Waals surface area (Å²) in [7, 11) is 1.64. The molecule has 1 saturated heterocycles. The molecular formula is C16H24N2O3S. The Morgan fingerprint density at radius 3 is 3.05 bits per heavy atom. The summed E-state index contributed by atoms with van der Waals surface area (Å²) in [5.41, 5.74) is -0.721. The van der Waals surface area contributed by atoms with Crippen LogP contribution in [-0.2, 0) is 20.7 Å². The predicted molar refractivity (Wildman–Crippen MR) is 86.9 cm³/mol. The number of hydrogen-bond acceptors (Lipinski definition) is 4. The van der Waals surface area contributed by atoms with Gasteiger partial charge in [0.2, 0.25) is 11.8 Å². The number of rotatable bonds is 8. The monoisotopic (exact) mass is 324 g/mol. The Kier molecular flexibility index (Phi) is 5.97. The van der Waals surface area contributed by atoms with Crippen LogP contribution in [0.15, 0.2) is 17.5 Å². The van der Waals surface area contributed by atoms with Crippen molar-refractivity contribution in [2.75, 3.05) is 26.8 Å². The first kappa shape index (κ1) is 17.0. The molecule has 1 aliphatic rings. The maximum atomic E-state index is 12.5. The number of amides is 2. The smallest absolute Gasteiger partial charge is 0.245 e. The fraction of sp³-hybridized carbons (Fsp3) is 0.625. The van der Waals surface area contributed by atoms with Gasteiger partial charge in [0.05, 0.1) is 0 Å². The fourth-order valence-electron chi connectivity index (χ4n) is 2.79. The van der Waals surface area contributed by atoms with Gasteiger partial charge >= 0.3 is 0 Å². The van der Waals surface area contributed by atoms with Gasteiger partial charge in [-0.15, -0.1) is 11.3 Å². The SMILES string of the molecule is COCCCNC(=O)C1(C)CCC(=O)N1CCc1cccs1. The van der Waals surface area contributed by atoms with Crippen LogP contribution in [0, 0.1) is 0 Å². The maximum Gasteiger partial charge on any atom is 0.245 e. The Labute approximate surface area is 135 Å². The first-order valence-electron chi connectivity index (χ1n) is 7.68. The van der Waals surface area contributed by atoms with Gasteiger partial charge in [-0.2, -0.15) is 0 Å². The van der Waals surface area contributed by atoms with E-state index >= 15 is 0 Å². The topological polar surface area (TPSA) is 58.6 Å². The highest BCUT2D eigenvalue weighted by Crippen LogP contribution is 2.30. The molecule has 1 aromatic rings. The Hall–Kier alpha value is -1.40. The number of carbonyl (C=O) groups is 2. The molecule has 2 rings (SSSR count). The lowest BCUT2D eigenvalue weighted by Crippen LogP contribution is -2.55. The second-order valence-corrected chi connectivity index (χ2v) is 6.78. The molecule has 1 aliphatic heterocycles. The molecule has 0 bridgehead atoms. The first-order valence-corrected chi connectivity index (χ1v) is 8.56. The molecule has 1 N–H and O–H groups in total. The number of thiophene rings is 1. The standard InChI is InChI=1S/C16H24N2O3S/c1-16(15(20)17-9-4-11-21-2)8-6-14(19)18(16)10-7-13-5-3-12-22-13/h3,5,12H,4,6-11H2,1-2H3,(H,17,20). The number of ether oxygens (including phenoxy) is 1. The van der Waals surface area contributed by atoms with E-state index in [0.29, 0.717) is 32.5 Å².